The minimum absolute atomic E-state index is 0. The summed E-state index contributed by atoms with van der Waals surface area (Å²) in [5.74, 6) is 0.506. The predicted molar refractivity (Wildman–Crippen MR) is 93.1 cm³/mol. The van der Waals surface area contributed by atoms with Crippen molar-refractivity contribution in [3.05, 3.63) is 90.3 Å². The van der Waals surface area contributed by atoms with Crippen molar-refractivity contribution < 1.29 is 31.1 Å². The summed E-state index contributed by atoms with van der Waals surface area (Å²) in [6.45, 7) is 0.797. The Kier molecular flexibility index (Phi) is 6.71. The number of pyridine rings is 1. The molecule has 0 saturated carbocycles. The topological polar surface area (TPSA) is 42.2 Å². The molecule has 5 heteroatoms. The van der Waals surface area contributed by atoms with Crippen molar-refractivity contribution in [3.63, 3.8) is 0 Å². The standard InChI is InChI=1S/C20H18N2O2.BrH/c1-24-19-9-5-8-17(14-19)20(23)21-18-10-12-22(13-11-18)15-16-6-3-2-4-7-16;/h2-14H,15H2,1H3;1H. The normalized spacial score (nSPS) is 9.80. The molecule has 1 aromatic heterocycles. The molecule has 1 heterocycles. The third-order valence-electron chi connectivity index (χ3n) is 3.69. The Balaban J connectivity index is 0.00000225. The first-order chi connectivity index (χ1) is 11.7. The van der Waals surface area contributed by atoms with Gasteiger partial charge in [-0.1, -0.05) is 36.4 Å². The SMILES string of the molecule is COc1cccc(C(=O)Nc2cc[n+](Cc3ccccc3)cc2)c1.[Br-]. The summed E-state index contributed by atoms with van der Waals surface area (Å²) in [6, 6.07) is 21.1. The van der Waals surface area contributed by atoms with Gasteiger partial charge in [-0.2, -0.15) is 0 Å². The van der Waals surface area contributed by atoms with E-state index in [2.05, 4.69) is 22.0 Å². The van der Waals surface area contributed by atoms with Gasteiger partial charge in [0, 0.05) is 23.3 Å². The first-order valence-electron chi connectivity index (χ1n) is 7.73. The maximum atomic E-state index is 12.3. The van der Waals surface area contributed by atoms with Gasteiger partial charge >= 0.3 is 0 Å². The number of hydrogen-bond donors (Lipinski definition) is 1. The number of carbonyl (C=O) groups is 1. The number of anilines is 1. The lowest BCUT2D eigenvalue weighted by molar-refractivity contribution is -0.688. The molecule has 0 bridgehead atoms. The van der Waals surface area contributed by atoms with Crippen LogP contribution in [-0.2, 0) is 6.54 Å². The highest BCUT2D eigenvalue weighted by atomic mass is 79.9. The zero-order valence-corrected chi connectivity index (χ0v) is 15.4. The lowest BCUT2D eigenvalue weighted by Gasteiger charge is -2.06. The number of rotatable bonds is 5. The highest BCUT2D eigenvalue weighted by Gasteiger charge is 2.08. The molecule has 1 amide bonds. The maximum Gasteiger partial charge on any atom is 0.255 e. The van der Waals surface area contributed by atoms with Gasteiger partial charge in [0.2, 0.25) is 0 Å². The average Bonchev–Trinajstić information content (AvgIpc) is 2.64. The summed E-state index contributed by atoms with van der Waals surface area (Å²) in [7, 11) is 1.58. The number of halogens is 1. The number of methoxy groups -OCH3 is 1. The second kappa shape index (κ2) is 8.99. The van der Waals surface area contributed by atoms with Crippen LogP contribution in [0.2, 0.25) is 0 Å². The van der Waals surface area contributed by atoms with Gasteiger partial charge in [-0.15, -0.1) is 0 Å². The van der Waals surface area contributed by atoms with Crippen LogP contribution >= 0.6 is 0 Å². The zero-order valence-electron chi connectivity index (χ0n) is 13.9. The summed E-state index contributed by atoms with van der Waals surface area (Å²) in [4.78, 5) is 12.3. The van der Waals surface area contributed by atoms with E-state index in [1.165, 1.54) is 5.56 Å². The Hall–Kier alpha value is -2.66. The fourth-order valence-electron chi connectivity index (χ4n) is 2.41. The molecule has 1 N–H and O–H groups in total. The molecule has 128 valence electrons. The second-order valence-corrected chi connectivity index (χ2v) is 5.43. The van der Waals surface area contributed by atoms with E-state index >= 15 is 0 Å². The molecule has 4 nitrogen and oxygen atoms in total. The quantitative estimate of drug-likeness (QED) is 0.627. The van der Waals surface area contributed by atoms with Crippen LogP contribution in [0.4, 0.5) is 5.69 Å². The second-order valence-electron chi connectivity index (χ2n) is 5.43. The Morgan fingerprint density at radius 1 is 1.00 bits per heavy atom. The predicted octanol–water partition coefficient (Wildman–Crippen LogP) is 0.287. The molecule has 3 aromatic rings. The molecule has 0 spiro atoms. The van der Waals surface area contributed by atoms with Crippen LogP contribution in [-0.4, -0.2) is 13.0 Å². The van der Waals surface area contributed by atoms with E-state index in [9.17, 15) is 4.79 Å². The number of aromatic nitrogens is 1. The van der Waals surface area contributed by atoms with E-state index in [-0.39, 0.29) is 22.9 Å². The summed E-state index contributed by atoms with van der Waals surface area (Å²) in [6.07, 6.45) is 3.91. The first-order valence-corrected chi connectivity index (χ1v) is 7.73. The van der Waals surface area contributed by atoms with Gasteiger partial charge in [-0.05, 0) is 18.2 Å². The van der Waals surface area contributed by atoms with Crippen LogP contribution in [0.5, 0.6) is 5.75 Å². The molecule has 0 unspecified atom stereocenters. The maximum absolute atomic E-state index is 12.3. The number of benzene rings is 2. The van der Waals surface area contributed by atoms with Crippen molar-refractivity contribution in [2.24, 2.45) is 0 Å². The molecular weight excluding hydrogens is 380 g/mol. The molecule has 25 heavy (non-hydrogen) atoms. The fraction of sp³-hybridized carbons (Fsp3) is 0.100. The monoisotopic (exact) mass is 398 g/mol. The van der Waals surface area contributed by atoms with E-state index in [0.29, 0.717) is 11.3 Å². The van der Waals surface area contributed by atoms with Crippen molar-refractivity contribution in [2.45, 2.75) is 6.54 Å². The van der Waals surface area contributed by atoms with Gasteiger partial charge in [-0.3, -0.25) is 4.79 Å². The Morgan fingerprint density at radius 3 is 2.40 bits per heavy atom. The smallest absolute Gasteiger partial charge is 0.255 e. The molecule has 0 atom stereocenters. The number of hydrogen-bond acceptors (Lipinski definition) is 2. The summed E-state index contributed by atoms with van der Waals surface area (Å²) in [5, 5.41) is 2.89. The van der Waals surface area contributed by atoms with Crippen LogP contribution in [0.25, 0.3) is 0 Å². The van der Waals surface area contributed by atoms with Crippen molar-refractivity contribution in [2.75, 3.05) is 12.4 Å². The highest BCUT2D eigenvalue weighted by Crippen LogP contribution is 2.14. The van der Waals surface area contributed by atoms with Crippen LogP contribution in [0.1, 0.15) is 15.9 Å². The van der Waals surface area contributed by atoms with Gasteiger partial charge in [0.25, 0.3) is 5.91 Å². The van der Waals surface area contributed by atoms with E-state index < -0.39 is 0 Å². The molecule has 0 radical (unpaired) electrons. The minimum atomic E-state index is -0.158. The number of nitrogens with one attached hydrogen (secondary N) is 1. The fourth-order valence-corrected chi connectivity index (χ4v) is 2.41. The van der Waals surface area contributed by atoms with Gasteiger partial charge in [-0.25, -0.2) is 4.57 Å². The van der Waals surface area contributed by atoms with Gasteiger partial charge in [0.05, 0.1) is 12.8 Å². The third-order valence-corrected chi connectivity index (χ3v) is 3.69. The third kappa shape index (κ3) is 5.16. The van der Waals surface area contributed by atoms with Crippen LogP contribution in [0, 0.1) is 0 Å². The van der Waals surface area contributed by atoms with Crippen LogP contribution < -0.4 is 31.6 Å². The highest BCUT2D eigenvalue weighted by molar-refractivity contribution is 6.04. The molecule has 0 aliphatic heterocycles. The zero-order chi connectivity index (χ0) is 16.8. The first kappa shape index (κ1) is 18.7. The molecule has 0 fully saturated rings. The molecule has 0 saturated heterocycles. The van der Waals surface area contributed by atoms with Crippen LogP contribution in [0.3, 0.4) is 0 Å². The molecule has 2 aromatic carbocycles. The van der Waals surface area contributed by atoms with E-state index in [1.807, 2.05) is 48.8 Å². The van der Waals surface area contributed by atoms with E-state index in [0.717, 1.165) is 12.2 Å². The van der Waals surface area contributed by atoms with Gasteiger partial charge in [0.1, 0.15) is 5.75 Å². The summed E-state index contributed by atoms with van der Waals surface area (Å²) in [5.41, 5.74) is 2.55. The van der Waals surface area contributed by atoms with Crippen molar-refractivity contribution >= 4 is 11.6 Å². The number of carbonyl (C=O) groups excluding carboxylic acids is 1. The Bertz CT molecular complexity index is 821. The summed E-state index contributed by atoms with van der Waals surface area (Å²) < 4.78 is 7.21. The van der Waals surface area contributed by atoms with Gasteiger partial charge in [0.15, 0.2) is 18.9 Å². The molecule has 0 aliphatic rings. The largest absolute Gasteiger partial charge is 1.00 e. The van der Waals surface area contributed by atoms with E-state index in [4.69, 9.17) is 4.74 Å². The van der Waals surface area contributed by atoms with Gasteiger partial charge < -0.3 is 27.0 Å². The van der Waals surface area contributed by atoms with Crippen LogP contribution in [0.15, 0.2) is 79.1 Å². The van der Waals surface area contributed by atoms with Crippen molar-refractivity contribution in [1.29, 1.82) is 0 Å². The van der Waals surface area contributed by atoms with E-state index in [1.54, 1.807) is 25.3 Å². The molecule has 0 aliphatic carbocycles. The average molecular weight is 399 g/mol. The molecule has 3 rings (SSSR count). The lowest BCUT2D eigenvalue weighted by atomic mass is 10.2. The van der Waals surface area contributed by atoms with Crippen molar-refractivity contribution in [1.82, 2.24) is 0 Å². The lowest BCUT2D eigenvalue weighted by Crippen LogP contribution is -3.00. The number of nitrogens with zero attached hydrogens (tertiary/aromatic N) is 1. The molecular formula is C20H19BrN2O2. The minimum Gasteiger partial charge on any atom is -1.00 e. The summed E-state index contributed by atoms with van der Waals surface area (Å²) >= 11 is 0. The number of ether oxygens (including phenoxy) is 1. The Labute approximate surface area is 157 Å². The Morgan fingerprint density at radius 2 is 1.72 bits per heavy atom. The van der Waals surface area contributed by atoms with Crippen molar-refractivity contribution in [3.8, 4) is 5.75 Å². The number of amides is 1.